The standard InChI is InChI=1S/C23H16BrCl2N5OS/c24-17-3-1-2-15(12-17)13-27-28-21(32)14-33-23-30-29-22(16-4-6-18(25)7-5-16)31(23)20-10-8-19(26)9-11-20/h1-13H,14H2,(H,28,32). The van der Waals surface area contributed by atoms with Crippen molar-refractivity contribution >= 4 is 63.0 Å². The molecule has 3 aromatic carbocycles. The lowest BCUT2D eigenvalue weighted by molar-refractivity contribution is -0.118. The van der Waals surface area contributed by atoms with Crippen LogP contribution in [-0.4, -0.2) is 32.6 Å². The molecule has 1 N–H and O–H groups in total. The molecule has 0 aliphatic carbocycles. The molecule has 1 aromatic heterocycles. The van der Waals surface area contributed by atoms with Crippen molar-refractivity contribution in [3.63, 3.8) is 0 Å². The fourth-order valence-corrected chi connectivity index (χ4v) is 4.31. The summed E-state index contributed by atoms with van der Waals surface area (Å²) in [7, 11) is 0. The molecule has 1 heterocycles. The lowest BCUT2D eigenvalue weighted by Crippen LogP contribution is -2.20. The summed E-state index contributed by atoms with van der Waals surface area (Å²) in [5, 5.41) is 14.5. The van der Waals surface area contributed by atoms with Crippen molar-refractivity contribution in [2.24, 2.45) is 5.10 Å². The van der Waals surface area contributed by atoms with Gasteiger partial charge in [-0.1, -0.05) is 63.0 Å². The van der Waals surface area contributed by atoms with Crippen LogP contribution in [0.2, 0.25) is 10.0 Å². The summed E-state index contributed by atoms with van der Waals surface area (Å²) in [6, 6.07) is 22.3. The average Bonchev–Trinajstić information content (AvgIpc) is 3.23. The number of carbonyl (C=O) groups excluding carboxylic acids is 1. The van der Waals surface area contributed by atoms with E-state index >= 15 is 0 Å². The zero-order valence-electron chi connectivity index (χ0n) is 17.0. The molecule has 0 saturated heterocycles. The molecule has 0 bridgehead atoms. The maximum absolute atomic E-state index is 12.3. The first-order chi connectivity index (χ1) is 16.0. The van der Waals surface area contributed by atoms with Crippen molar-refractivity contribution < 1.29 is 4.79 Å². The number of hydrogen-bond acceptors (Lipinski definition) is 5. The van der Waals surface area contributed by atoms with E-state index in [-0.39, 0.29) is 11.7 Å². The van der Waals surface area contributed by atoms with Gasteiger partial charge in [0.05, 0.1) is 12.0 Å². The summed E-state index contributed by atoms with van der Waals surface area (Å²) in [6.07, 6.45) is 1.59. The van der Waals surface area contributed by atoms with Crippen molar-refractivity contribution in [2.75, 3.05) is 5.75 Å². The average molecular weight is 561 g/mol. The number of amides is 1. The predicted molar refractivity (Wildman–Crippen MR) is 137 cm³/mol. The molecule has 0 saturated carbocycles. The Labute approximate surface area is 213 Å². The van der Waals surface area contributed by atoms with E-state index < -0.39 is 0 Å². The van der Waals surface area contributed by atoms with Crippen LogP contribution in [-0.2, 0) is 4.79 Å². The molecule has 0 atom stereocenters. The summed E-state index contributed by atoms with van der Waals surface area (Å²) in [5.74, 6) is 0.483. The van der Waals surface area contributed by atoms with Gasteiger partial charge in [-0.25, -0.2) is 5.43 Å². The maximum Gasteiger partial charge on any atom is 0.250 e. The van der Waals surface area contributed by atoms with Gasteiger partial charge < -0.3 is 0 Å². The Morgan fingerprint density at radius 3 is 2.42 bits per heavy atom. The first kappa shape index (κ1) is 23.5. The van der Waals surface area contributed by atoms with E-state index in [0.29, 0.717) is 21.0 Å². The van der Waals surface area contributed by atoms with Crippen molar-refractivity contribution in [1.29, 1.82) is 0 Å². The fraction of sp³-hybridized carbons (Fsp3) is 0.0435. The monoisotopic (exact) mass is 559 g/mol. The van der Waals surface area contributed by atoms with Gasteiger partial charge in [0, 0.05) is 25.8 Å². The number of hydrazone groups is 1. The van der Waals surface area contributed by atoms with Crippen LogP contribution in [0, 0.1) is 0 Å². The zero-order chi connectivity index (χ0) is 23.2. The molecule has 10 heteroatoms. The normalized spacial score (nSPS) is 11.1. The highest BCUT2D eigenvalue weighted by Gasteiger charge is 2.17. The third kappa shape index (κ3) is 6.23. The van der Waals surface area contributed by atoms with E-state index in [1.165, 1.54) is 11.8 Å². The number of thioether (sulfide) groups is 1. The number of nitrogens with one attached hydrogen (secondary N) is 1. The van der Waals surface area contributed by atoms with E-state index in [1.54, 1.807) is 30.5 Å². The van der Waals surface area contributed by atoms with Gasteiger partial charge in [0.15, 0.2) is 11.0 Å². The van der Waals surface area contributed by atoms with Crippen LogP contribution >= 0.6 is 50.9 Å². The Hall–Kier alpha value is -2.65. The molecule has 0 fully saturated rings. The van der Waals surface area contributed by atoms with Gasteiger partial charge in [-0.15, -0.1) is 10.2 Å². The van der Waals surface area contributed by atoms with E-state index in [9.17, 15) is 4.79 Å². The Morgan fingerprint density at radius 2 is 1.73 bits per heavy atom. The maximum atomic E-state index is 12.3. The Kier molecular flexibility index (Phi) is 7.82. The number of benzene rings is 3. The molecular weight excluding hydrogens is 545 g/mol. The van der Waals surface area contributed by atoms with Crippen LogP contribution in [0.1, 0.15) is 5.56 Å². The Bertz CT molecular complexity index is 1290. The lowest BCUT2D eigenvalue weighted by atomic mass is 10.2. The Morgan fingerprint density at radius 1 is 1.03 bits per heavy atom. The minimum absolute atomic E-state index is 0.113. The van der Waals surface area contributed by atoms with Gasteiger partial charge in [0.2, 0.25) is 0 Å². The molecule has 0 aliphatic rings. The van der Waals surface area contributed by atoms with Gasteiger partial charge in [-0.2, -0.15) is 5.10 Å². The number of aromatic nitrogens is 3. The molecule has 0 spiro atoms. The van der Waals surface area contributed by atoms with Gasteiger partial charge in [-0.05, 0) is 66.2 Å². The summed E-state index contributed by atoms with van der Waals surface area (Å²) < 4.78 is 2.81. The van der Waals surface area contributed by atoms with Gasteiger partial charge >= 0.3 is 0 Å². The molecule has 4 rings (SSSR count). The Balaban J connectivity index is 1.51. The van der Waals surface area contributed by atoms with E-state index in [4.69, 9.17) is 23.2 Å². The topological polar surface area (TPSA) is 72.2 Å². The fourth-order valence-electron chi connectivity index (χ4n) is 2.90. The van der Waals surface area contributed by atoms with Crippen LogP contribution in [0.4, 0.5) is 0 Å². The van der Waals surface area contributed by atoms with Crippen LogP contribution in [0.3, 0.4) is 0 Å². The number of rotatable bonds is 7. The molecule has 166 valence electrons. The summed E-state index contributed by atoms with van der Waals surface area (Å²) in [4.78, 5) is 12.3. The van der Waals surface area contributed by atoms with Crippen LogP contribution < -0.4 is 5.43 Å². The SMILES string of the molecule is O=C(CSc1nnc(-c2ccc(Cl)cc2)n1-c1ccc(Cl)cc1)NN=Cc1cccc(Br)c1. The molecular formula is C23H16BrCl2N5OS. The van der Waals surface area contributed by atoms with E-state index in [2.05, 4.69) is 36.7 Å². The largest absolute Gasteiger partial charge is 0.272 e. The van der Waals surface area contributed by atoms with Crippen LogP contribution in [0.5, 0.6) is 0 Å². The number of carbonyl (C=O) groups is 1. The smallest absolute Gasteiger partial charge is 0.250 e. The molecule has 4 aromatic rings. The molecule has 0 unspecified atom stereocenters. The van der Waals surface area contributed by atoms with Gasteiger partial charge in [-0.3, -0.25) is 9.36 Å². The third-order valence-corrected chi connectivity index (χ3v) is 6.33. The highest BCUT2D eigenvalue weighted by Crippen LogP contribution is 2.29. The molecule has 0 aliphatic heterocycles. The van der Waals surface area contributed by atoms with E-state index in [1.807, 2.05) is 53.1 Å². The molecule has 0 radical (unpaired) electrons. The second-order valence-corrected chi connectivity index (χ2v) is 9.49. The van der Waals surface area contributed by atoms with Crippen molar-refractivity contribution in [3.8, 4) is 17.1 Å². The lowest BCUT2D eigenvalue weighted by Gasteiger charge is -2.10. The number of hydrogen-bond donors (Lipinski definition) is 1. The molecule has 1 amide bonds. The quantitative estimate of drug-likeness (QED) is 0.165. The minimum Gasteiger partial charge on any atom is -0.272 e. The third-order valence-electron chi connectivity index (χ3n) is 4.40. The highest BCUT2D eigenvalue weighted by atomic mass is 79.9. The van der Waals surface area contributed by atoms with Crippen molar-refractivity contribution in [2.45, 2.75) is 5.16 Å². The van der Waals surface area contributed by atoms with E-state index in [0.717, 1.165) is 21.3 Å². The summed E-state index contributed by atoms with van der Waals surface area (Å²) >= 11 is 16.8. The molecule has 33 heavy (non-hydrogen) atoms. The van der Waals surface area contributed by atoms with Crippen LogP contribution in [0.15, 0.2) is 87.5 Å². The molecule has 6 nitrogen and oxygen atoms in total. The van der Waals surface area contributed by atoms with Gasteiger partial charge in [0.1, 0.15) is 0 Å². The summed E-state index contributed by atoms with van der Waals surface area (Å²) in [5.41, 5.74) is 5.07. The first-order valence-corrected chi connectivity index (χ1v) is 12.2. The predicted octanol–water partition coefficient (Wildman–Crippen LogP) is 6.25. The number of halogens is 3. The first-order valence-electron chi connectivity index (χ1n) is 9.67. The minimum atomic E-state index is -0.259. The van der Waals surface area contributed by atoms with Crippen LogP contribution in [0.25, 0.3) is 17.1 Å². The zero-order valence-corrected chi connectivity index (χ0v) is 20.9. The summed E-state index contributed by atoms with van der Waals surface area (Å²) in [6.45, 7) is 0. The number of nitrogens with zero attached hydrogens (tertiary/aromatic N) is 4. The van der Waals surface area contributed by atoms with Gasteiger partial charge in [0.25, 0.3) is 5.91 Å². The second kappa shape index (κ2) is 11.0. The second-order valence-electron chi connectivity index (χ2n) is 6.76. The van der Waals surface area contributed by atoms with Crippen molar-refractivity contribution in [1.82, 2.24) is 20.2 Å². The van der Waals surface area contributed by atoms with Crippen molar-refractivity contribution in [3.05, 3.63) is 92.9 Å². The highest BCUT2D eigenvalue weighted by molar-refractivity contribution is 9.10.